The highest BCUT2D eigenvalue weighted by atomic mass is 32.2. The molecule has 0 radical (unpaired) electrons. The first-order valence-electron chi connectivity index (χ1n) is 8.88. The molecule has 0 unspecified atom stereocenters. The molecule has 3 rings (SSSR count). The molecule has 10 nitrogen and oxygen atoms in total. The second-order valence-electron chi connectivity index (χ2n) is 5.83. The van der Waals surface area contributed by atoms with E-state index >= 15 is 0 Å². The fraction of sp³-hybridized carbons (Fsp3) is 0.562. The SMILES string of the molecule is CCOC(=O)CSc1ncnc2c(N3CC[S+]([O-])CC3)nc(NCCO)nc12. The second kappa shape index (κ2) is 10.0. The Kier molecular flexibility index (Phi) is 7.48. The van der Waals surface area contributed by atoms with Gasteiger partial charge < -0.3 is 24.6 Å². The summed E-state index contributed by atoms with van der Waals surface area (Å²) in [4.78, 5) is 31.4. The normalized spacial score (nSPS) is 15.0. The van der Waals surface area contributed by atoms with E-state index in [0.717, 1.165) is 0 Å². The van der Waals surface area contributed by atoms with E-state index < -0.39 is 11.2 Å². The first-order chi connectivity index (χ1) is 13.6. The summed E-state index contributed by atoms with van der Waals surface area (Å²) in [6, 6.07) is 0. The van der Waals surface area contributed by atoms with Gasteiger partial charge in [0.05, 0.1) is 32.1 Å². The molecule has 2 aromatic heterocycles. The topological polar surface area (TPSA) is 136 Å². The highest BCUT2D eigenvalue weighted by Gasteiger charge is 2.25. The van der Waals surface area contributed by atoms with Gasteiger partial charge in [0.2, 0.25) is 5.95 Å². The standard InChI is InChI=1S/C16H22N6O4S2/c1-2-26-11(24)9-27-15-13-12(18-10-19-15)14(21-16(20-13)17-3-6-23)22-4-7-28(25)8-5-22/h10,23H,2-9H2,1H3,(H,17,20,21). The number of aromatic nitrogens is 4. The summed E-state index contributed by atoms with van der Waals surface area (Å²) in [6.45, 7) is 3.53. The van der Waals surface area contributed by atoms with Gasteiger partial charge in [-0.2, -0.15) is 4.98 Å². The third kappa shape index (κ3) is 5.13. The summed E-state index contributed by atoms with van der Waals surface area (Å²) in [7, 11) is 0. The van der Waals surface area contributed by atoms with Gasteiger partial charge in [0.1, 0.15) is 33.9 Å². The molecule has 0 saturated carbocycles. The minimum Gasteiger partial charge on any atom is -0.616 e. The zero-order valence-electron chi connectivity index (χ0n) is 15.5. The molecule has 12 heteroatoms. The van der Waals surface area contributed by atoms with Crippen molar-refractivity contribution in [2.75, 3.05) is 60.3 Å². The van der Waals surface area contributed by atoms with Crippen molar-refractivity contribution in [3.05, 3.63) is 6.33 Å². The van der Waals surface area contributed by atoms with Crippen LogP contribution in [0.1, 0.15) is 6.92 Å². The first-order valence-corrected chi connectivity index (χ1v) is 11.4. The van der Waals surface area contributed by atoms with Gasteiger partial charge in [-0.15, -0.1) is 0 Å². The van der Waals surface area contributed by atoms with E-state index in [-0.39, 0.29) is 18.3 Å². The van der Waals surface area contributed by atoms with Crippen molar-refractivity contribution in [3.8, 4) is 0 Å². The Hall–Kier alpha value is -1.89. The number of ether oxygens (including phenoxy) is 1. The van der Waals surface area contributed by atoms with Crippen LogP contribution in [0.2, 0.25) is 0 Å². The molecule has 0 bridgehead atoms. The maximum absolute atomic E-state index is 11.7. The van der Waals surface area contributed by atoms with E-state index in [1.807, 2.05) is 4.90 Å². The van der Waals surface area contributed by atoms with Crippen LogP contribution < -0.4 is 10.2 Å². The third-order valence-electron chi connectivity index (χ3n) is 3.93. The lowest BCUT2D eigenvalue weighted by Gasteiger charge is -2.29. The van der Waals surface area contributed by atoms with Crippen LogP contribution in [-0.2, 0) is 20.7 Å². The van der Waals surface area contributed by atoms with E-state index in [2.05, 4.69) is 25.3 Å². The van der Waals surface area contributed by atoms with Crippen molar-refractivity contribution in [3.63, 3.8) is 0 Å². The number of nitrogens with one attached hydrogen (secondary N) is 1. The number of rotatable bonds is 8. The Balaban J connectivity index is 1.96. The Labute approximate surface area is 169 Å². The van der Waals surface area contributed by atoms with Crippen LogP contribution in [0.3, 0.4) is 0 Å². The van der Waals surface area contributed by atoms with Gasteiger partial charge in [-0.3, -0.25) is 4.79 Å². The van der Waals surface area contributed by atoms with Gasteiger partial charge in [0.25, 0.3) is 0 Å². The second-order valence-corrected chi connectivity index (χ2v) is 8.49. The number of fused-ring (bicyclic) bond motifs is 1. The van der Waals surface area contributed by atoms with E-state index in [9.17, 15) is 9.35 Å². The van der Waals surface area contributed by atoms with Crippen LogP contribution in [0.25, 0.3) is 11.0 Å². The van der Waals surface area contributed by atoms with Crippen LogP contribution >= 0.6 is 11.8 Å². The number of carbonyl (C=O) groups excluding carboxylic acids is 1. The van der Waals surface area contributed by atoms with E-state index in [1.165, 1.54) is 18.1 Å². The Morgan fingerprint density at radius 3 is 2.86 bits per heavy atom. The number of hydrogen-bond acceptors (Lipinski definition) is 11. The number of anilines is 2. The van der Waals surface area contributed by atoms with Crippen molar-refractivity contribution in [1.82, 2.24) is 19.9 Å². The zero-order chi connectivity index (χ0) is 19.9. The maximum Gasteiger partial charge on any atom is 0.316 e. The average molecular weight is 427 g/mol. The van der Waals surface area contributed by atoms with Gasteiger partial charge in [-0.05, 0) is 6.92 Å². The molecule has 0 aliphatic carbocycles. The number of aliphatic hydroxyl groups is 1. The Morgan fingerprint density at radius 2 is 2.14 bits per heavy atom. The van der Waals surface area contributed by atoms with Crippen molar-refractivity contribution in [2.24, 2.45) is 0 Å². The molecule has 2 aromatic rings. The molecule has 152 valence electrons. The zero-order valence-corrected chi connectivity index (χ0v) is 17.1. The van der Waals surface area contributed by atoms with Gasteiger partial charge in [-0.1, -0.05) is 22.9 Å². The molecule has 0 atom stereocenters. The minimum atomic E-state index is -0.815. The Morgan fingerprint density at radius 1 is 1.36 bits per heavy atom. The number of hydrogen-bond donors (Lipinski definition) is 2. The number of aliphatic hydroxyl groups excluding tert-OH is 1. The molecule has 2 N–H and O–H groups in total. The van der Waals surface area contributed by atoms with Crippen molar-refractivity contribution >= 4 is 51.7 Å². The molecular weight excluding hydrogens is 404 g/mol. The van der Waals surface area contributed by atoms with Crippen LogP contribution in [0.15, 0.2) is 11.4 Å². The lowest BCUT2D eigenvalue weighted by Crippen LogP contribution is -2.41. The molecule has 3 heterocycles. The lowest BCUT2D eigenvalue weighted by atomic mass is 10.3. The number of carbonyl (C=O) groups is 1. The van der Waals surface area contributed by atoms with Crippen molar-refractivity contribution in [1.29, 1.82) is 0 Å². The predicted molar refractivity (Wildman–Crippen MR) is 108 cm³/mol. The molecule has 1 aliphatic heterocycles. The molecule has 0 aromatic carbocycles. The van der Waals surface area contributed by atoms with E-state index in [4.69, 9.17) is 9.84 Å². The molecule has 1 aliphatic rings. The van der Waals surface area contributed by atoms with Crippen LogP contribution in [0.4, 0.5) is 11.8 Å². The van der Waals surface area contributed by atoms with Crippen LogP contribution in [0.5, 0.6) is 0 Å². The summed E-state index contributed by atoms with van der Waals surface area (Å²) >= 11 is 0.411. The molecule has 0 spiro atoms. The largest absolute Gasteiger partial charge is 0.616 e. The fourth-order valence-electron chi connectivity index (χ4n) is 2.66. The highest BCUT2D eigenvalue weighted by molar-refractivity contribution is 8.00. The van der Waals surface area contributed by atoms with E-state index in [0.29, 0.717) is 65.6 Å². The molecule has 0 amide bonds. The Bertz CT molecular complexity index is 819. The summed E-state index contributed by atoms with van der Waals surface area (Å²) in [5, 5.41) is 12.6. The van der Waals surface area contributed by atoms with Gasteiger partial charge in [0, 0.05) is 6.54 Å². The number of nitrogens with zero attached hydrogens (tertiary/aromatic N) is 5. The number of esters is 1. The van der Waals surface area contributed by atoms with Crippen molar-refractivity contribution < 1.29 is 19.2 Å². The van der Waals surface area contributed by atoms with Gasteiger partial charge in [-0.25, -0.2) is 15.0 Å². The summed E-state index contributed by atoms with van der Waals surface area (Å²) < 4.78 is 16.7. The summed E-state index contributed by atoms with van der Waals surface area (Å²) in [6.07, 6.45) is 1.42. The molecule has 1 saturated heterocycles. The molecule has 28 heavy (non-hydrogen) atoms. The molecule has 1 fully saturated rings. The average Bonchev–Trinajstić information content (AvgIpc) is 2.71. The lowest BCUT2D eigenvalue weighted by molar-refractivity contribution is -0.139. The van der Waals surface area contributed by atoms with Crippen LogP contribution in [0, 0.1) is 0 Å². The predicted octanol–water partition coefficient (Wildman–Crippen LogP) is 0.0479. The minimum absolute atomic E-state index is 0.0603. The highest BCUT2D eigenvalue weighted by Crippen LogP contribution is 2.30. The number of thioether (sulfide) groups is 1. The quantitative estimate of drug-likeness (QED) is 0.256. The summed E-state index contributed by atoms with van der Waals surface area (Å²) in [5.74, 6) is 1.90. The smallest absolute Gasteiger partial charge is 0.316 e. The fourth-order valence-corrected chi connectivity index (χ4v) is 4.45. The van der Waals surface area contributed by atoms with Gasteiger partial charge >= 0.3 is 5.97 Å². The monoisotopic (exact) mass is 426 g/mol. The maximum atomic E-state index is 11.7. The van der Waals surface area contributed by atoms with E-state index in [1.54, 1.807) is 6.92 Å². The summed E-state index contributed by atoms with van der Waals surface area (Å²) in [5.41, 5.74) is 1.09. The third-order valence-corrected chi connectivity index (χ3v) is 6.16. The first kappa shape index (κ1) is 20.8. The van der Waals surface area contributed by atoms with Crippen molar-refractivity contribution in [2.45, 2.75) is 11.9 Å². The van der Waals surface area contributed by atoms with Gasteiger partial charge in [0.15, 0.2) is 5.82 Å². The molecular formula is C16H22N6O4S2. The van der Waals surface area contributed by atoms with Crippen LogP contribution in [-0.4, -0.2) is 85.7 Å².